The fraction of sp³-hybridized carbons (Fsp3) is 0.550. The Morgan fingerprint density at radius 3 is 2.74 bits per heavy atom. The van der Waals surface area contributed by atoms with E-state index in [0.717, 1.165) is 50.6 Å². The number of likely N-dealkylation sites (tertiary alicyclic amines) is 1. The zero-order valence-electron chi connectivity index (χ0n) is 15.4. The van der Waals surface area contributed by atoms with Crippen molar-refractivity contribution in [1.82, 2.24) is 15.0 Å². The van der Waals surface area contributed by atoms with Gasteiger partial charge in [0.2, 0.25) is 11.8 Å². The first-order chi connectivity index (χ1) is 13.0. The molecule has 6 nitrogen and oxygen atoms in total. The van der Waals surface area contributed by atoms with Crippen molar-refractivity contribution in [2.45, 2.75) is 56.4 Å². The fourth-order valence-electron chi connectivity index (χ4n) is 4.13. The van der Waals surface area contributed by atoms with Crippen molar-refractivity contribution < 1.29 is 13.7 Å². The summed E-state index contributed by atoms with van der Waals surface area (Å²) in [6, 6.07) is 6.07. The van der Waals surface area contributed by atoms with Gasteiger partial charge in [0, 0.05) is 13.1 Å². The monoisotopic (exact) mass is 372 g/mol. The molecule has 0 bridgehead atoms. The molecule has 1 aromatic heterocycles. The largest absolute Gasteiger partial charge is 0.342 e. The molecule has 1 amide bonds. The highest BCUT2D eigenvalue weighted by Crippen LogP contribution is 2.36. The van der Waals surface area contributed by atoms with Crippen LogP contribution in [0.25, 0.3) is 0 Å². The Kier molecular flexibility index (Phi) is 4.95. The summed E-state index contributed by atoms with van der Waals surface area (Å²) in [7, 11) is 0. The second kappa shape index (κ2) is 7.38. The van der Waals surface area contributed by atoms with Crippen LogP contribution in [0.15, 0.2) is 28.8 Å². The molecule has 1 aromatic carbocycles. The predicted octanol–water partition coefficient (Wildman–Crippen LogP) is 2.89. The minimum absolute atomic E-state index is 0.0390. The molecule has 2 N–H and O–H groups in total. The van der Waals surface area contributed by atoms with Gasteiger partial charge >= 0.3 is 0 Å². The van der Waals surface area contributed by atoms with Crippen molar-refractivity contribution >= 4 is 5.91 Å². The van der Waals surface area contributed by atoms with E-state index in [4.69, 9.17) is 10.3 Å². The zero-order chi connectivity index (χ0) is 18.9. The molecule has 0 radical (unpaired) electrons. The maximum Gasteiger partial charge on any atom is 0.231 e. The highest BCUT2D eigenvalue weighted by atomic mass is 19.1. The van der Waals surface area contributed by atoms with Gasteiger partial charge in [-0.2, -0.15) is 4.98 Å². The number of benzene rings is 1. The van der Waals surface area contributed by atoms with Crippen molar-refractivity contribution in [1.29, 1.82) is 0 Å². The van der Waals surface area contributed by atoms with Crippen LogP contribution in [0.4, 0.5) is 4.39 Å². The normalized spacial score (nSPS) is 22.1. The van der Waals surface area contributed by atoms with Crippen molar-refractivity contribution in [3.05, 3.63) is 47.4 Å². The molecule has 1 aliphatic carbocycles. The minimum Gasteiger partial charge on any atom is -0.342 e. The number of hydrogen-bond acceptors (Lipinski definition) is 5. The van der Waals surface area contributed by atoms with Gasteiger partial charge in [-0.15, -0.1) is 0 Å². The predicted molar refractivity (Wildman–Crippen MR) is 97.3 cm³/mol. The summed E-state index contributed by atoms with van der Waals surface area (Å²) in [6.45, 7) is 1.29. The third-order valence-corrected chi connectivity index (χ3v) is 5.77. The van der Waals surface area contributed by atoms with Gasteiger partial charge in [-0.3, -0.25) is 4.79 Å². The Labute approximate surface area is 157 Å². The lowest BCUT2D eigenvalue weighted by molar-refractivity contribution is -0.131. The minimum atomic E-state index is -0.464. The number of carbonyl (C=O) groups is 1. The van der Waals surface area contributed by atoms with Gasteiger partial charge in [-0.05, 0) is 43.4 Å². The first-order valence-electron chi connectivity index (χ1n) is 9.69. The van der Waals surface area contributed by atoms with Gasteiger partial charge in [0.15, 0.2) is 5.82 Å². The second-order valence-electron chi connectivity index (χ2n) is 7.80. The molecule has 2 heterocycles. The molecule has 144 valence electrons. The van der Waals surface area contributed by atoms with Crippen LogP contribution in [0.3, 0.4) is 0 Å². The summed E-state index contributed by atoms with van der Waals surface area (Å²) in [5.74, 6) is 0.974. The van der Waals surface area contributed by atoms with Crippen LogP contribution in [0.1, 0.15) is 61.7 Å². The molecule has 7 heteroatoms. The third-order valence-electron chi connectivity index (χ3n) is 5.77. The number of rotatable bonds is 4. The Morgan fingerprint density at radius 2 is 2.00 bits per heavy atom. The first-order valence-corrected chi connectivity index (χ1v) is 9.69. The maximum absolute atomic E-state index is 13.0. The third kappa shape index (κ3) is 3.88. The van der Waals surface area contributed by atoms with E-state index < -0.39 is 5.54 Å². The average Bonchev–Trinajstić information content (AvgIpc) is 3.34. The summed E-state index contributed by atoms with van der Waals surface area (Å²) < 4.78 is 18.6. The molecular weight excluding hydrogens is 347 g/mol. The Bertz CT molecular complexity index is 799. The molecule has 0 spiro atoms. The molecule has 2 fully saturated rings. The van der Waals surface area contributed by atoms with Crippen molar-refractivity contribution in [3.63, 3.8) is 0 Å². The molecule has 1 unspecified atom stereocenters. The van der Waals surface area contributed by atoms with Gasteiger partial charge in [-0.25, -0.2) is 4.39 Å². The molecule has 27 heavy (non-hydrogen) atoms. The molecular formula is C20H25FN4O2. The van der Waals surface area contributed by atoms with Gasteiger partial charge in [0.1, 0.15) is 5.82 Å². The number of hydrogen-bond donors (Lipinski definition) is 1. The fourth-order valence-corrected chi connectivity index (χ4v) is 4.13. The maximum atomic E-state index is 13.0. The van der Waals surface area contributed by atoms with E-state index >= 15 is 0 Å². The van der Waals surface area contributed by atoms with E-state index in [0.29, 0.717) is 18.3 Å². The van der Waals surface area contributed by atoms with Gasteiger partial charge in [0.05, 0.1) is 17.9 Å². The molecule has 1 saturated heterocycles. The lowest BCUT2D eigenvalue weighted by Gasteiger charge is -2.31. The summed E-state index contributed by atoms with van der Waals surface area (Å²) >= 11 is 0. The summed E-state index contributed by atoms with van der Waals surface area (Å²) in [4.78, 5) is 19.1. The number of amides is 1. The number of halogens is 1. The van der Waals surface area contributed by atoms with Crippen molar-refractivity contribution in [3.8, 4) is 0 Å². The number of nitrogens with zero attached hydrogens (tertiary/aromatic N) is 3. The van der Waals surface area contributed by atoms with E-state index in [1.165, 1.54) is 12.1 Å². The number of nitrogens with two attached hydrogens (primary N) is 1. The highest BCUT2D eigenvalue weighted by molar-refractivity contribution is 5.78. The molecule has 4 rings (SSSR count). The van der Waals surface area contributed by atoms with E-state index in [9.17, 15) is 9.18 Å². The van der Waals surface area contributed by atoms with Gasteiger partial charge in [-0.1, -0.05) is 30.1 Å². The van der Waals surface area contributed by atoms with E-state index in [1.807, 2.05) is 4.90 Å². The van der Waals surface area contributed by atoms with E-state index in [-0.39, 0.29) is 24.1 Å². The van der Waals surface area contributed by atoms with E-state index in [1.54, 1.807) is 12.1 Å². The molecule has 1 aliphatic heterocycles. The van der Waals surface area contributed by atoms with Gasteiger partial charge in [0.25, 0.3) is 0 Å². The Morgan fingerprint density at radius 1 is 1.26 bits per heavy atom. The molecule has 1 atom stereocenters. The number of aromatic nitrogens is 2. The van der Waals surface area contributed by atoms with Crippen LogP contribution in [0.2, 0.25) is 0 Å². The quantitative estimate of drug-likeness (QED) is 0.892. The highest BCUT2D eigenvalue weighted by Gasteiger charge is 2.37. The Hall–Kier alpha value is -2.28. The van der Waals surface area contributed by atoms with Crippen LogP contribution < -0.4 is 5.73 Å². The molecule has 2 aliphatic rings. The smallest absolute Gasteiger partial charge is 0.231 e. The van der Waals surface area contributed by atoms with Crippen LogP contribution in [0, 0.1) is 5.82 Å². The van der Waals surface area contributed by atoms with Crippen molar-refractivity contribution in [2.24, 2.45) is 5.73 Å². The summed E-state index contributed by atoms with van der Waals surface area (Å²) in [5.41, 5.74) is 6.77. The average molecular weight is 372 g/mol. The summed E-state index contributed by atoms with van der Waals surface area (Å²) in [6.07, 6.45) is 6.04. The van der Waals surface area contributed by atoms with Crippen molar-refractivity contribution in [2.75, 3.05) is 13.1 Å². The topological polar surface area (TPSA) is 85.2 Å². The second-order valence-corrected chi connectivity index (χ2v) is 7.80. The molecule has 2 aromatic rings. The summed E-state index contributed by atoms with van der Waals surface area (Å²) in [5, 5.41) is 4.14. The standard InChI is InChI=1S/C20H25FN4O2/c21-16-7-5-14(6-8-16)12-17(26)25-11-3-4-15(13-25)18-23-19(24-27-18)20(22)9-1-2-10-20/h5-8,15H,1-4,9-13,22H2. The lowest BCUT2D eigenvalue weighted by Crippen LogP contribution is -2.40. The van der Waals surface area contributed by atoms with E-state index in [2.05, 4.69) is 10.1 Å². The Balaban J connectivity index is 1.41. The van der Waals surface area contributed by atoms with Crippen LogP contribution in [-0.4, -0.2) is 34.0 Å². The molecule has 1 saturated carbocycles. The van der Waals surface area contributed by atoms with Crippen LogP contribution in [0.5, 0.6) is 0 Å². The van der Waals surface area contributed by atoms with Gasteiger partial charge < -0.3 is 15.2 Å². The number of piperidine rings is 1. The SMILES string of the molecule is NC1(c2noc(C3CCCN(C(=O)Cc4ccc(F)cc4)C3)n2)CCCC1. The number of carbonyl (C=O) groups excluding carboxylic acids is 1. The first kappa shape index (κ1) is 18.1. The zero-order valence-corrected chi connectivity index (χ0v) is 15.4. The van der Waals surface area contributed by atoms with Crippen LogP contribution in [-0.2, 0) is 16.8 Å². The lowest BCUT2D eigenvalue weighted by atomic mass is 9.96. The van der Waals surface area contributed by atoms with Crippen LogP contribution >= 0.6 is 0 Å².